The molecule has 2 heteroatoms. The molecule has 0 aliphatic carbocycles. The third-order valence-corrected chi connectivity index (χ3v) is 2.10. The number of ether oxygens (including phenoxy) is 1. The molecule has 0 saturated carbocycles. The number of hydrogen-bond acceptors (Lipinski definition) is 2. The number of aliphatic hydroxyl groups excluding tert-OH is 1. The Kier molecular flexibility index (Phi) is 3.16. The Morgan fingerprint density at radius 3 is 2.60 bits per heavy atom. The molecule has 2 atom stereocenters. The zero-order chi connectivity index (χ0) is 7.40. The van der Waals surface area contributed by atoms with E-state index in [1.807, 2.05) is 0 Å². The highest BCUT2D eigenvalue weighted by molar-refractivity contribution is 4.71. The van der Waals surface area contributed by atoms with Gasteiger partial charge < -0.3 is 9.84 Å². The molecule has 1 saturated heterocycles. The van der Waals surface area contributed by atoms with Crippen LogP contribution < -0.4 is 0 Å². The highest BCUT2D eigenvalue weighted by atomic mass is 16.5. The van der Waals surface area contributed by atoms with E-state index in [1.54, 1.807) is 0 Å². The topological polar surface area (TPSA) is 29.5 Å². The van der Waals surface area contributed by atoms with Crippen LogP contribution in [0.15, 0.2) is 0 Å². The van der Waals surface area contributed by atoms with Crippen molar-refractivity contribution in [2.75, 3.05) is 6.61 Å². The molecule has 1 fully saturated rings. The van der Waals surface area contributed by atoms with Gasteiger partial charge in [0.25, 0.3) is 0 Å². The summed E-state index contributed by atoms with van der Waals surface area (Å²) in [5, 5.41) is 8.61. The Morgan fingerprint density at radius 2 is 2.10 bits per heavy atom. The Hall–Kier alpha value is -0.0800. The maximum Gasteiger partial charge on any atom is 0.0601 e. The summed E-state index contributed by atoms with van der Waals surface area (Å²) in [5.41, 5.74) is 0. The lowest BCUT2D eigenvalue weighted by atomic mass is 10.1. The molecule has 1 aliphatic rings. The zero-order valence-corrected chi connectivity index (χ0v) is 6.55. The van der Waals surface area contributed by atoms with Crippen LogP contribution in [0.3, 0.4) is 0 Å². The van der Waals surface area contributed by atoms with Gasteiger partial charge in [0.1, 0.15) is 0 Å². The molecule has 1 aliphatic heterocycles. The average molecular weight is 144 g/mol. The first-order valence-corrected chi connectivity index (χ1v) is 4.13. The van der Waals surface area contributed by atoms with Gasteiger partial charge in [-0.25, -0.2) is 0 Å². The van der Waals surface area contributed by atoms with Crippen molar-refractivity contribution >= 4 is 0 Å². The van der Waals surface area contributed by atoms with Crippen molar-refractivity contribution in [1.82, 2.24) is 0 Å². The average Bonchev–Trinajstić information content (AvgIpc) is 2.37. The quantitative estimate of drug-likeness (QED) is 0.647. The van der Waals surface area contributed by atoms with Crippen LogP contribution >= 0.6 is 0 Å². The largest absolute Gasteiger partial charge is 0.396 e. The molecular weight excluding hydrogens is 128 g/mol. The normalized spacial score (nSPS) is 33.0. The Labute approximate surface area is 62.2 Å². The lowest BCUT2D eigenvalue weighted by Crippen LogP contribution is -2.11. The molecule has 2 nitrogen and oxygen atoms in total. The van der Waals surface area contributed by atoms with E-state index in [9.17, 15) is 0 Å². The Morgan fingerprint density at radius 1 is 1.40 bits per heavy atom. The fourth-order valence-corrected chi connectivity index (χ4v) is 1.44. The van der Waals surface area contributed by atoms with E-state index >= 15 is 0 Å². The maximum atomic E-state index is 8.61. The molecule has 0 radical (unpaired) electrons. The molecule has 0 amide bonds. The summed E-state index contributed by atoms with van der Waals surface area (Å²) in [6.07, 6.45) is 5.06. The van der Waals surface area contributed by atoms with Crippen molar-refractivity contribution in [2.45, 2.75) is 44.8 Å². The second-order valence-corrected chi connectivity index (χ2v) is 2.88. The lowest BCUT2D eigenvalue weighted by Gasteiger charge is -2.09. The molecule has 0 aromatic rings. The molecule has 0 aromatic carbocycles. The zero-order valence-electron chi connectivity index (χ0n) is 6.55. The van der Waals surface area contributed by atoms with Crippen LogP contribution in [0.4, 0.5) is 0 Å². The van der Waals surface area contributed by atoms with Crippen molar-refractivity contribution < 1.29 is 9.84 Å². The summed E-state index contributed by atoms with van der Waals surface area (Å²) < 4.78 is 5.59. The van der Waals surface area contributed by atoms with E-state index in [2.05, 4.69) is 6.92 Å². The van der Waals surface area contributed by atoms with Gasteiger partial charge in [-0.3, -0.25) is 0 Å². The van der Waals surface area contributed by atoms with Gasteiger partial charge >= 0.3 is 0 Å². The summed E-state index contributed by atoms with van der Waals surface area (Å²) in [7, 11) is 0. The molecule has 1 N–H and O–H groups in total. The minimum atomic E-state index is 0.265. The van der Waals surface area contributed by atoms with Crippen LogP contribution in [-0.4, -0.2) is 23.9 Å². The summed E-state index contributed by atoms with van der Waals surface area (Å²) in [5.74, 6) is 0. The van der Waals surface area contributed by atoms with E-state index in [-0.39, 0.29) is 6.61 Å². The fourth-order valence-electron chi connectivity index (χ4n) is 1.44. The highest BCUT2D eigenvalue weighted by Gasteiger charge is 2.22. The number of rotatable bonds is 3. The summed E-state index contributed by atoms with van der Waals surface area (Å²) in [6.45, 7) is 2.41. The van der Waals surface area contributed by atoms with E-state index < -0.39 is 0 Å². The third-order valence-electron chi connectivity index (χ3n) is 2.10. The van der Waals surface area contributed by atoms with E-state index in [0.29, 0.717) is 12.2 Å². The van der Waals surface area contributed by atoms with Crippen LogP contribution in [0.1, 0.15) is 32.6 Å². The third kappa shape index (κ3) is 1.96. The first kappa shape index (κ1) is 8.02. The van der Waals surface area contributed by atoms with Crippen molar-refractivity contribution in [2.24, 2.45) is 0 Å². The van der Waals surface area contributed by atoms with Gasteiger partial charge in [-0.15, -0.1) is 0 Å². The highest BCUT2D eigenvalue weighted by Crippen LogP contribution is 2.23. The van der Waals surface area contributed by atoms with Gasteiger partial charge in [0, 0.05) is 6.61 Å². The monoisotopic (exact) mass is 144 g/mol. The summed E-state index contributed by atoms with van der Waals surface area (Å²) >= 11 is 0. The molecule has 0 aromatic heterocycles. The van der Waals surface area contributed by atoms with Crippen molar-refractivity contribution in [1.29, 1.82) is 0 Å². The van der Waals surface area contributed by atoms with Gasteiger partial charge in [0.05, 0.1) is 12.2 Å². The second kappa shape index (κ2) is 3.94. The standard InChI is InChI=1S/C8H16O2/c1-2-7-3-4-8(10-7)5-6-9/h7-9H,2-6H2,1H3. The van der Waals surface area contributed by atoms with Crippen LogP contribution in [0.5, 0.6) is 0 Å². The smallest absolute Gasteiger partial charge is 0.0601 e. The van der Waals surface area contributed by atoms with Gasteiger partial charge in [-0.1, -0.05) is 6.92 Å². The molecule has 1 rings (SSSR count). The predicted octanol–water partition coefficient (Wildman–Crippen LogP) is 1.33. The summed E-state index contributed by atoms with van der Waals surface area (Å²) in [4.78, 5) is 0. The minimum Gasteiger partial charge on any atom is -0.396 e. The van der Waals surface area contributed by atoms with Crippen molar-refractivity contribution in [3.63, 3.8) is 0 Å². The first-order valence-electron chi connectivity index (χ1n) is 4.13. The number of hydrogen-bond donors (Lipinski definition) is 1. The van der Waals surface area contributed by atoms with Gasteiger partial charge in [0.15, 0.2) is 0 Å². The fraction of sp³-hybridized carbons (Fsp3) is 1.00. The van der Waals surface area contributed by atoms with Crippen molar-refractivity contribution in [3.05, 3.63) is 0 Å². The molecule has 0 bridgehead atoms. The van der Waals surface area contributed by atoms with Crippen LogP contribution in [0.2, 0.25) is 0 Å². The summed E-state index contributed by atoms with van der Waals surface area (Å²) in [6, 6.07) is 0. The maximum absolute atomic E-state index is 8.61. The van der Waals surface area contributed by atoms with E-state index in [1.165, 1.54) is 6.42 Å². The van der Waals surface area contributed by atoms with Gasteiger partial charge in [0.2, 0.25) is 0 Å². The number of aliphatic hydroxyl groups is 1. The molecule has 10 heavy (non-hydrogen) atoms. The SMILES string of the molecule is CCC1CCC(CCO)O1. The first-order chi connectivity index (χ1) is 4.86. The van der Waals surface area contributed by atoms with Crippen LogP contribution in [0, 0.1) is 0 Å². The predicted molar refractivity (Wildman–Crippen MR) is 39.9 cm³/mol. The van der Waals surface area contributed by atoms with E-state index in [4.69, 9.17) is 9.84 Å². The van der Waals surface area contributed by atoms with E-state index in [0.717, 1.165) is 19.3 Å². The molecule has 2 unspecified atom stereocenters. The Balaban J connectivity index is 2.15. The van der Waals surface area contributed by atoms with Crippen LogP contribution in [-0.2, 0) is 4.74 Å². The Bertz CT molecular complexity index is 93.3. The van der Waals surface area contributed by atoms with Gasteiger partial charge in [-0.05, 0) is 25.7 Å². The van der Waals surface area contributed by atoms with Crippen LogP contribution in [0.25, 0.3) is 0 Å². The lowest BCUT2D eigenvalue weighted by molar-refractivity contribution is 0.0296. The molecule has 0 spiro atoms. The minimum absolute atomic E-state index is 0.265. The molecule has 1 heterocycles. The second-order valence-electron chi connectivity index (χ2n) is 2.88. The van der Waals surface area contributed by atoms with Gasteiger partial charge in [-0.2, -0.15) is 0 Å². The molecule has 60 valence electrons. The molecular formula is C8H16O2. The van der Waals surface area contributed by atoms with Crippen molar-refractivity contribution in [3.8, 4) is 0 Å².